The van der Waals surface area contributed by atoms with Gasteiger partial charge in [-0.05, 0) is 30.3 Å². The third kappa shape index (κ3) is 2.02. The van der Waals surface area contributed by atoms with Crippen LogP contribution in [-0.4, -0.2) is 15.0 Å². The maximum absolute atomic E-state index is 12.5. The molecule has 0 N–H and O–H groups in total. The summed E-state index contributed by atoms with van der Waals surface area (Å²) in [7, 11) is 3.74. The van der Waals surface area contributed by atoms with Crippen molar-refractivity contribution in [3.05, 3.63) is 52.2 Å². The van der Waals surface area contributed by atoms with Crippen molar-refractivity contribution < 1.29 is 4.74 Å². The van der Waals surface area contributed by atoms with Gasteiger partial charge in [0.1, 0.15) is 13.6 Å². The fourth-order valence-corrected chi connectivity index (χ4v) is 3.34. The van der Waals surface area contributed by atoms with E-state index < -0.39 is 0 Å². The van der Waals surface area contributed by atoms with E-state index in [-0.39, 0.29) is 5.43 Å². The molecule has 0 spiro atoms. The molecule has 94 valence electrons. The van der Waals surface area contributed by atoms with Crippen molar-refractivity contribution in [3.63, 3.8) is 0 Å². The minimum atomic E-state index is 0.0882. The van der Waals surface area contributed by atoms with Crippen LogP contribution in [0.1, 0.15) is 5.56 Å². The maximum atomic E-state index is 12.5. The number of ether oxygens (including phenoxy) is 1. The molecule has 0 unspecified atom stereocenters. The topological polar surface area (TPSA) is 26.3 Å². The first-order valence-electron chi connectivity index (χ1n) is 6.26. The van der Waals surface area contributed by atoms with Crippen molar-refractivity contribution in [1.82, 2.24) is 0 Å². The van der Waals surface area contributed by atoms with Gasteiger partial charge in [0.2, 0.25) is 0 Å². The molecule has 4 heteroatoms. The molecule has 0 fully saturated rings. The summed E-state index contributed by atoms with van der Waals surface area (Å²) in [5, 5.41) is 1.53. The molecule has 0 saturated carbocycles. The Bertz CT molecular complexity index is 823. The molecule has 0 bridgehead atoms. The second kappa shape index (κ2) is 4.70. The highest BCUT2D eigenvalue weighted by Gasteiger charge is 2.07. The fourth-order valence-electron chi connectivity index (χ4n) is 2.22. The first kappa shape index (κ1) is 12.2. The predicted molar refractivity (Wildman–Crippen MR) is 84.4 cm³/mol. The van der Waals surface area contributed by atoms with Crippen LogP contribution in [0.3, 0.4) is 0 Å². The van der Waals surface area contributed by atoms with Gasteiger partial charge in [0.05, 0.1) is 7.11 Å². The fraction of sp³-hybridized carbons (Fsp3) is 0.133. The Morgan fingerprint density at radius 1 is 1.11 bits per heavy atom. The zero-order valence-electron chi connectivity index (χ0n) is 10.9. The summed E-state index contributed by atoms with van der Waals surface area (Å²) in [6.45, 7) is 0. The van der Waals surface area contributed by atoms with Crippen molar-refractivity contribution in [2.24, 2.45) is 0 Å². The normalized spacial score (nSPS) is 11.0. The Kier molecular flexibility index (Phi) is 3.03. The second-order valence-corrected chi connectivity index (χ2v) is 5.56. The largest absolute Gasteiger partial charge is 0.497 e. The molecular weight excluding hydrogens is 255 g/mol. The van der Waals surface area contributed by atoms with Crippen LogP contribution in [0.2, 0.25) is 0 Å². The molecule has 0 aliphatic carbocycles. The zero-order chi connectivity index (χ0) is 13.4. The lowest BCUT2D eigenvalue weighted by Crippen LogP contribution is -2.01. The molecule has 0 radical (unpaired) electrons. The summed E-state index contributed by atoms with van der Waals surface area (Å²) in [4.78, 5) is 12.5. The number of benzene rings is 2. The lowest BCUT2D eigenvalue weighted by Gasteiger charge is -2.05. The van der Waals surface area contributed by atoms with Gasteiger partial charge in [-0.25, -0.2) is 0 Å². The average Bonchev–Trinajstić information content (AvgIpc) is 2.46. The standard InChI is InChI=1S/C15H13BO2S/c1-18-10-3-5-13-12(7-10)15(17)11-4-2-9(8-16)6-14(11)19-13/h2-7H,8,16H2,1H3. The van der Waals surface area contributed by atoms with Gasteiger partial charge in [-0.1, -0.05) is 17.9 Å². The van der Waals surface area contributed by atoms with Crippen molar-refractivity contribution in [1.29, 1.82) is 0 Å². The van der Waals surface area contributed by atoms with Crippen LogP contribution >= 0.6 is 11.3 Å². The van der Waals surface area contributed by atoms with E-state index in [0.29, 0.717) is 0 Å². The molecule has 19 heavy (non-hydrogen) atoms. The maximum Gasteiger partial charge on any atom is 0.196 e. The van der Waals surface area contributed by atoms with Gasteiger partial charge in [0.25, 0.3) is 0 Å². The molecule has 0 atom stereocenters. The Labute approximate surface area is 116 Å². The van der Waals surface area contributed by atoms with Crippen LogP contribution in [-0.2, 0) is 6.32 Å². The smallest absolute Gasteiger partial charge is 0.196 e. The molecule has 2 aromatic carbocycles. The average molecular weight is 268 g/mol. The van der Waals surface area contributed by atoms with Gasteiger partial charge in [0.15, 0.2) is 5.43 Å². The zero-order valence-corrected chi connectivity index (χ0v) is 11.7. The molecule has 1 heterocycles. The minimum Gasteiger partial charge on any atom is -0.497 e. The summed E-state index contributed by atoms with van der Waals surface area (Å²) < 4.78 is 7.26. The number of hydrogen-bond donors (Lipinski definition) is 0. The highest BCUT2D eigenvalue weighted by atomic mass is 32.1. The molecule has 0 aliphatic rings. The van der Waals surface area contributed by atoms with Crippen LogP contribution in [0.4, 0.5) is 0 Å². The van der Waals surface area contributed by atoms with Gasteiger partial charge in [0, 0.05) is 20.2 Å². The Hall–Kier alpha value is -1.81. The molecule has 1 aromatic heterocycles. The molecule has 3 rings (SSSR count). The SMILES string of the molecule is BCc1ccc2c(=O)c3cc(OC)ccc3sc2c1. The monoisotopic (exact) mass is 268 g/mol. The van der Waals surface area contributed by atoms with E-state index in [0.717, 1.165) is 32.2 Å². The lowest BCUT2D eigenvalue weighted by molar-refractivity contribution is 0.415. The van der Waals surface area contributed by atoms with E-state index in [1.807, 2.05) is 30.3 Å². The Morgan fingerprint density at radius 2 is 1.95 bits per heavy atom. The van der Waals surface area contributed by atoms with Crippen molar-refractivity contribution >= 4 is 39.4 Å². The highest BCUT2D eigenvalue weighted by molar-refractivity contribution is 7.24. The first-order valence-corrected chi connectivity index (χ1v) is 7.08. The summed E-state index contributed by atoms with van der Waals surface area (Å²) >= 11 is 1.66. The minimum absolute atomic E-state index is 0.0882. The van der Waals surface area contributed by atoms with Crippen molar-refractivity contribution in [2.45, 2.75) is 6.32 Å². The van der Waals surface area contributed by atoms with Crippen molar-refractivity contribution in [2.75, 3.05) is 7.11 Å². The molecule has 3 aromatic rings. The molecule has 0 saturated heterocycles. The van der Waals surface area contributed by atoms with Crippen molar-refractivity contribution in [3.8, 4) is 5.75 Å². The molecule has 2 nitrogen and oxygen atoms in total. The van der Waals surface area contributed by atoms with Gasteiger partial charge in [-0.3, -0.25) is 4.79 Å². The number of methoxy groups -OCH3 is 1. The van der Waals surface area contributed by atoms with Crippen LogP contribution in [0, 0.1) is 0 Å². The van der Waals surface area contributed by atoms with Crippen LogP contribution in [0.25, 0.3) is 20.2 Å². The first-order chi connectivity index (χ1) is 9.22. The van der Waals surface area contributed by atoms with Gasteiger partial charge in [-0.15, -0.1) is 11.3 Å². The Balaban J connectivity index is 2.41. The lowest BCUT2D eigenvalue weighted by atomic mass is 9.96. The quantitative estimate of drug-likeness (QED) is 0.527. The highest BCUT2D eigenvalue weighted by Crippen LogP contribution is 2.27. The number of rotatable bonds is 2. The van der Waals surface area contributed by atoms with E-state index in [2.05, 4.69) is 13.9 Å². The van der Waals surface area contributed by atoms with Gasteiger partial charge < -0.3 is 4.74 Å². The van der Waals surface area contributed by atoms with Crippen LogP contribution in [0.5, 0.6) is 5.75 Å². The van der Waals surface area contributed by atoms with Gasteiger partial charge in [-0.2, -0.15) is 0 Å². The number of hydrogen-bond acceptors (Lipinski definition) is 3. The summed E-state index contributed by atoms with van der Waals surface area (Å²) in [6, 6.07) is 11.8. The van der Waals surface area contributed by atoms with E-state index in [1.165, 1.54) is 5.56 Å². The number of fused-ring (bicyclic) bond motifs is 2. The molecule has 0 aliphatic heterocycles. The third-order valence-electron chi connectivity index (χ3n) is 3.35. The third-order valence-corrected chi connectivity index (χ3v) is 4.48. The van der Waals surface area contributed by atoms with E-state index >= 15 is 0 Å². The Morgan fingerprint density at radius 3 is 2.68 bits per heavy atom. The molecular formula is C15H13BO2S. The van der Waals surface area contributed by atoms with Gasteiger partial charge >= 0.3 is 0 Å². The van der Waals surface area contributed by atoms with Crippen LogP contribution in [0.15, 0.2) is 41.2 Å². The summed E-state index contributed by atoms with van der Waals surface area (Å²) in [5.41, 5.74) is 1.35. The van der Waals surface area contributed by atoms with E-state index in [9.17, 15) is 4.79 Å². The van der Waals surface area contributed by atoms with E-state index in [1.54, 1.807) is 18.4 Å². The predicted octanol–water partition coefficient (Wildman–Crippen LogP) is 2.56. The van der Waals surface area contributed by atoms with E-state index in [4.69, 9.17) is 4.74 Å². The second-order valence-electron chi connectivity index (χ2n) is 4.48. The summed E-state index contributed by atoms with van der Waals surface area (Å²) in [6.07, 6.45) is 0.984. The summed E-state index contributed by atoms with van der Waals surface area (Å²) in [5.74, 6) is 0.723. The van der Waals surface area contributed by atoms with Crippen LogP contribution < -0.4 is 10.2 Å². The molecule has 0 amide bonds.